The lowest BCUT2D eigenvalue weighted by molar-refractivity contribution is 0.584. The largest absolute Gasteiger partial charge is 0.228 e. The fourth-order valence-corrected chi connectivity index (χ4v) is 3.47. The van der Waals surface area contributed by atoms with Gasteiger partial charge in [0.25, 0.3) is 0 Å². The molecule has 0 fully saturated rings. The Bertz CT molecular complexity index is 340. The second-order valence-corrected chi connectivity index (χ2v) is 6.61. The SMILES string of the molecule is C=CCNS(=O)(=O)CS(C)(=O)=O. The second kappa shape index (κ2) is 4.01. The third-order valence-electron chi connectivity index (χ3n) is 0.817. The second-order valence-electron chi connectivity index (χ2n) is 2.30. The fourth-order valence-electron chi connectivity index (χ4n) is 0.509. The lowest BCUT2D eigenvalue weighted by Crippen LogP contribution is -2.29. The quantitative estimate of drug-likeness (QED) is 0.600. The molecule has 1 N–H and O–H groups in total. The standard InChI is InChI=1S/C5H11NO4S2/c1-3-4-6-12(9,10)5-11(2,7)8/h3,6H,1,4-5H2,2H3. The molecular formula is C5H11NO4S2. The van der Waals surface area contributed by atoms with E-state index in [9.17, 15) is 16.8 Å². The summed E-state index contributed by atoms with van der Waals surface area (Å²) in [5, 5.41) is -0.881. The van der Waals surface area contributed by atoms with Crippen molar-refractivity contribution in [2.24, 2.45) is 0 Å². The average molecular weight is 213 g/mol. The van der Waals surface area contributed by atoms with Gasteiger partial charge in [0, 0.05) is 12.8 Å². The van der Waals surface area contributed by atoms with Gasteiger partial charge in [-0.05, 0) is 0 Å². The van der Waals surface area contributed by atoms with E-state index >= 15 is 0 Å². The molecule has 0 radical (unpaired) electrons. The smallest absolute Gasteiger partial charge is 0.226 e. The molecular weight excluding hydrogens is 202 g/mol. The molecule has 0 rings (SSSR count). The number of rotatable bonds is 5. The van der Waals surface area contributed by atoms with Crippen molar-refractivity contribution in [1.29, 1.82) is 0 Å². The van der Waals surface area contributed by atoms with Crippen molar-refractivity contribution in [3.8, 4) is 0 Å². The van der Waals surface area contributed by atoms with Gasteiger partial charge in [-0.3, -0.25) is 0 Å². The summed E-state index contributed by atoms with van der Waals surface area (Å²) in [6.07, 6.45) is 2.19. The molecule has 0 aliphatic carbocycles. The summed E-state index contributed by atoms with van der Waals surface area (Å²) in [4.78, 5) is 0. The molecule has 0 spiro atoms. The Morgan fingerprint density at radius 2 is 1.83 bits per heavy atom. The van der Waals surface area contributed by atoms with Gasteiger partial charge in [0.15, 0.2) is 14.9 Å². The van der Waals surface area contributed by atoms with E-state index in [4.69, 9.17) is 0 Å². The van der Waals surface area contributed by atoms with Crippen LogP contribution in [0.15, 0.2) is 12.7 Å². The lowest BCUT2D eigenvalue weighted by Gasteiger charge is -2.01. The number of nitrogens with one attached hydrogen (secondary N) is 1. The van der Waals surface area contributed by atoms with Gasteiger partial charge in [0.1, 0.15) is 0 Å². The first-order valence-corrected chi connectivity index (χ1v) is 6.74. The molecule has 7 heteroatoms. The number of sulfonamides is 1. The zero-order valence-corrected chi connectivity index (χ0v) is 8.28. The first kappa shape index (κ1) is 11.6. The highest BCUT2D eigenvalue weighted by molar-refractivity contribution is 8.06. The van der Waals surface area contributed by atoms with Crippen LogP contribution in [0, 0.1) is 0 Å². The maximum Gasteiger partial charge on any atom is 0.226 e. The van der Waals surface area contributed by atoms with Crippen molar-refractivity contribution in [2.75, 3.05) is 17.9 Å². The molecule has 0 aliphatic rings. The molecule has 0 aromatic rings. The van der Waals surface area contributed by atoms with Gasteiger partial charge in [-0.1, -0.05) is 6.08 Å². The maximum absolute atomic E-state index is 10.9. The van der Waals surface area contributed by atoms with E-state index in [2.05, 4.69) is 6.58 Å². The van der Waals surface area contributed by atoms with Crippen molar-refractivity contribution in [1.82, 2.24) is 4.72 Å². The van der Waals surface area contributed by atoms with E-state index in [-0.39, 0.29) is 6.54 Å². The van der Waals surface area contributed by atoms with Crippen LogP contribution in [0.4, 0.5) is 0 Å². The molecule has 0 saturated carbocycles. The molecule has 0 amide bonds. The van der Waals surface area contributed by atoms with Gasteiger partial charge in [0.05, 0.1) is 0 Å². The maximum atomic E-state index is 10.9. The van der Waals surface area contributed by atoms with E-state index in [0.29, 0.717) is 0 Å². The molecule has 0 aliphatic heterocycles. The topological polar surface area (TPSA) is 80.3 Å². The van der Waals surface area contributed by atoms with Crippen LogP contribution in [-0.4, -0.2) is 34.7 Å². The highest BCUT2D eigenvalue weighted by Crippen LogP contribution is 1.90. The van der Waals surface area contributed by atoms with E-state index in [1.807, 2.05) is 4.72 Å². The van der Waals surface area contributed by atoms with Gasteiger partial charge in [0.2, 0.25) is 10.0 Å². The van der Waals surface area contributed by atoms with Gasteiger partial charge < -0.3 is 0 Å². The van der Waals surface area contributed by atoms with Crippen LogP contribution < -0.4 is 4.72 Å². The Balaban J connectivity index is 4.35. The highest BCUT2D eigenvalue weighted by atomic mass is 32.3. The average Bonchev–Trinajstić information content (AvgIpc) is 1.78. The van der Waals surface area contributed by atoms with Crippen molar-refractivity contribution in [2.45, 2.75) is 0 Å². The molecule has 12 heavy (non-hydrogen) atoms. The summed E-state index contributed by atoms with van der Waals surface area (Å²) in [6, 6.07) is 0. The summed E-state index contributed by atoms with van der Waals surface area (Å²) in [5.41, 5.74) is 0. The van der Waals surface area contributed by atoms with E-state index in [0.717, 1.165) is 6.26 Å². The van der Waals surface area contributed by atoms with Crippen LogP contribution in [0.1, 0.15) is 0 Å². The summed E-state index contributed by atoms with van der Waals surface area (Å²) in [5.74, 6) is 0. The van der Waals surface area contributed by atoms with Crippen molar-refractivity contribution >= 4 is 19.9 Å². The van der Waals surface area contributed by atoms with E-state index in [1.165, 1.54) is 6.08 Å². The zero-order valence-electron chi connectivity index (χ0n) is 6.65. The third-order valence-corrected chi connectivity index (χ3v) is 4.38. The normalized spacial score (nSPS) is 12.8. The zero-order chi connectivity index (χ0) is 9.83. The van der Waals surface area contributed by atoms with Gasteiger partial charge >= 0.3 is 0 Å². The van der Waals surface area contributed by atoms with E-state index < -0.39 is 24.9 Å². The van der Waals surface area contributed by atoms with Crippen LogP contribution in [-0.2, 0) is 19.9 Å². The minimum atomic E-state index is -3.71. The predicted octanol–water partition coefficient (Wildman–Crippen LogP) is -0.906. The van der Waals surface area contributed by atoms with Gasteiger partial charge in [-0.2, -0.15) is 0 Å². The van der Waals surface area contributed by atoms with E-state index in [1.54, 1.807) is 0 Å². The van der Waals surface area contributed by atoms with Crippen molar-refractivity contribution in [3.63, 3.8) is 0 Å². The van der Waals surface area contributed by atoms with Crippen LogP contribution >= 0.6 is 0 Å². The number of hydrogen-bond acceptors (Lipinski definition) is 4. The minimum absolute atomic E-state index is 0.0395. The van der Waals surface area contributed by atoms with Crippen molar-refractivity contribution < 1.29 is 16.8 Å². The molecule has 72 valence electrons. The molecule has 0 atom stereocenters. The molecule has 0 unspecified atom stereocenters. The van der Waals surface area contributed by atoms with Crippen LogP contribution in [0.25, 0.3) is 0 Å². The summed E-state index contributed by atoms with van der Waals surface area (Å²) in [6.45, 7) is 3.32. The Kier molecular flexibility index (Phi) is 3.88. The Morgan fingerprint density at radius 3 is 2.17 bits per heavy atom. The van der Waals surface area contributed by atoms with Crippen LogP contribution in [0.3, 0.4) is 0 Å². The first-order chi connectivity index (χ1) is 5.27. The highest BCUT2D eigenvalue weighted by Gasteiger charge is 2.16. The molecule has 0 bridgehead atoms. The predicted molar refractivity (Wildman–Crippen MR) is 46.8 cm³/mol. The Labute approximate surface area is 72.4 Å². The lowest BCUT2D eigenvalue weighted by atomic mass is 10.7. The van der Waals surface area contributed by atoms with Crippen molar-refractivity contribution in [3.05, 3.63) is 12.7 Å². The Hall–Kier alpha value is -0.400. The first-order valence-electron chi connectivity index (χ1n) is 3.03. The monoisotopic (exact) mass is 213 g/mol. The number of sulfone groups is 1. The third kappa shape index (κ3) is 6.32. The molecule has 0 aromatic carbocycles. The van der Waals surface area contributed by atoms with Crippen LogP contribution in [0.5, 0.6) is 0 Å². The fraction of sp³-hybridized carbons (Fsp3) is 0.600. The summed E-state index contributed by atoms with van der Waals surface area (Å²) >= 11 is 0. The Morgan fingerprint density at radius 1 is 1.33 bits per heavy atom. The van der Waals surface area contributed by atoms with Crippen LogP contribution in [0.2, 0.25) is 0 Å². The minimum Gasteiger partial charge on any atom is -0.228 e. The van der Waals surface area contributed by atoms with Gasteiger partial charge in [-0.25, -0.2) is 21.6 Å². The summed E-state index contributed by atoms with van der Waals surface area (Å²) < 4.78 is 44.9. The number of hydrogen-bond donors (Lipinski definition) is 1. The molecule has 0 aromatic heterocycles. The molecule has 0 heterocycles. The molecule has 0 saturated heterocycles. The summed E-state index contributed by atoms with van der Waals surface area (Å²) in [7, 11) is -7.21. The van der Waals surface area contributed by atoms with Gasteiger partial charge in [-0.15, -0.1) is 6.58 Å². The molecule has 5 nitrogen and oxygen atoms in total.